The summed E-state index contributed by atoms with van der Waals surface area (Å²) < 4.78 is 12.5. The second-order valence-corrected chi connectivity index (χ2v) is 11.4. The van der Waals surface area contributed by atoms with Gasteiger partial charge in [-0.2, -0.15) is 11.8 Å². The summed E-state index contributed by atoms with van der Waals surface area (Å²) in [6.45, 7) is 5.99. The van der Waals surface area contributed by atoms with E-state index in [4.69, 9.17) is 3.67 Å². The van der Waals surface area contributed by atoms with Crippen LogP contribution in [0, 0.1) is 0 Å². The summed E-state index contributed by atoms with van der Waals surface area (Å²) >= 11 is 3.07. The molecular weight excluding hydrogens is 619 g/mol. The molecule has 227 valence electrons. The number of halogens is 1. The average Bonchev–Trinajstić information content (AvgIpc) is 3.42. The van der Waals surface area contributed by atoms with Crippen LogP contribution in [-0.2, 0) is 50.6 Å². The van der Waals surface area contributed by atoms with Crippen molar-refractivity contribution >= 4 is 28.9 Å². The fraction of sp³-hybridized carbons (Fsp3) is 0.303. The normalized spacial score (nSPS) is 16.1. The molecule has 0 saturated carbocycles. The molecule has 10 heteroatoms. The first-order chi connectivity index (χ1) is 20.4. The molecule has 1 aromatic carbocycles. The summed E-state index contributed by atoms with van der Waals surface area (Å²) in [7, 11) is 2.05. The van der Waals surface area contributed by atoms with Crippen molar-refractivity contribution in [2.45, 2.75) is 33.2 Å². The third-order valence-electron chi connectivity index (χ3n) is 6.83. The predicted octanol–water partition coefficient (Wildman–Crippen LogP) is 1.51. The molecule has 43 heavy (non-hydrogen) atoms. The number of nitrogens with one attached hydrogen (secondary N) is 2. The van der Waals surface area contributed by atoms with Gasteiger partial charge in [-0.25, -0.2) is 9.13 Å². The number of carbonyl (C=O) groups excluding carboxylic acids is 2. The number of Topliss-reactive ketones (excluding diaryl/α,β-unsaturated/α-hetero) is 2. The predicted molar refractivity (Wildman–Crippen MR) is 165 cm³/mol. The molecule has 0 bridgehead atoms. The molecule has 2 aromatic rings. The number of hydrogen-bond acceptors (Lipinski definition) is 6. The van der Waals surface area contributed by atoms with E-state index in [1.807, 2.05) is 57.0 Å². The molecule has 0 saturated heterocycles. The van der Waals surface area contributed by atoms with Gasteiger partial charge in [-0.15, -0.1) is 0 Å². The molecule has 0 radical (unpaired) electrons. The number of rotatable bonds is 13. The number of nitrogens with zero attached hydrogens (tertiary/aromatic N) is 2. The number of imidazole rings is 1. The Kier molecular flexibility index (Phi) is 16.1. The van der Waals surface area contributed by atoms with Gasteiger partial charge in [0.1, 0.15) is 12.4 Å². The molecule has 2 N–H and O–H groups in total. The van der Waals surface area contributed by atoms with Gasteiger partial charge < -0.3 is 23.0 Å². The number of aromatic nitrogens is 2. The molecular formula is C33H39ClN4O3SV. The van der Waals surface area contributed by atoms with E-state index in [0.717, 1.165) is 64.1 Å². The maximum absolute atomic E-state index is 12.7. The first-order valence-corrected chi connectivity index (χ1v) is 15.7. The molecule has 0 spiro atoms. The van der Waals surface area contributed by atoms with Crippen molar-refractivity contribution in [3.63, 3.8) is 0 Å². The zero-order chi connectivity index (χ0) is 30.3. The zero-order valence-electron chi connectivity index (χ0n) is 24.9. The van der Waals surface area contributed by atoms with Gasteiger partial charge in [0.2, 0.25) is 6.33 Å². The average molecular weight is 658 g/mol. The monoisotopic (exact) mass is 657 g/mol. The maximum atomic E-state index is 12.7. The van der Waals surface area contributed by atoms with Crippen LogP contribution in [0.2, 0.25) is 0 Å². The summed E-state index contributed by atoms with van der Waals surface area (Å²) in [5.41, 5.74) is 6.24. The summed E-state index contributed by atoms with van der Waals surface area (Å²) in [6.07, 6.45) is 21.5. The van der Waals surface area contributed by atoms with E-state index in [1.54, 1.807) is 18.5 Å². The van der Waals surface area contributed by atoms with Crippen molar-refractivity contribution in [1.29, 1.82) is 0 Å². The van der Waals surface area contributed by atoms with Gasteiger partial charge in [0.05, 0.1) is 13.6 Å². The molecule has 0 unspecified atom stereocenters. The molecule has 0 atom stereocenters. The van der Waals surface area contributed by atoms with E-state index in [1.165, 1.54) is 12.0 Å². The summed E-state index contributed by atoms with van der Waals surface area (Å²) in [4.78, 5) is 24.8. The van der Waals surface area contributed by atoms with Crippen molar-refractivity contribution in [3.8, 4) is 0 Å². The molecule has 7 nitrogen and oxygen atoms in total. The fourth-order valence-corrected chi connectivity index (χ4v) is 5.43. The SMILES string of the molecule is CC1=CC=C/C(=C/NCCN/C=C2/C=C(c3ccc(CCSCCCn4cc[n+](C)c4)cc3)C=C(C)C2=O)C1=O.[Cl-].[O]=[V]. The van der Waals surface area contributed by atoms with Gasteiger partial charge in [-0.3, -0.25) is 9.59 Å². The Morgan fingerprint density at radius 2 is 1.60 bits per heavy atom. The number of carbonyl (C=O) groups is 2. The van der Waals surface area contributed by atoms with Gasteiger partial charge in [0.25, 0.3) is 0 Å². The van der Waals surface area contributed by atoms with E-state index < -0.39 is 0 Å². The van der Waals surface area contributed by atoms with Crippen LogP contribution in [0.25, 0.3) is 5.57 Å². The van der Waals surface area contributed by atoms with Crippen LogP contribution < -0.4 is 27.6 Å². The molecule has 0 aliphatic heterocycles. The molecule has 0 amide bonds. The molecule has 1 heterocycles. The topological polar surface area (TPSA) is 84.1 Å². The summed E-state index contributed by atoms with van der Waals surface area (Å²) in [5, 5.41) is 6.39. The second-order valence-electron chi connectivity index (χ2n) is 10.1. The van der Waals surface area contributed by atoms with Crippen LogP contribution >= 0.6 is 11.8 Å². The van der Waals surface area contributed by atoms with E-state index >= 15 is 0 Å². The molecule has 1 aromatic heterocycles. The molecule has 2 aliphatic carbocycles. The van der Waals surface area contributed by atoms with Gasteiger partial charge >= 0.3 is 21.0 Å². The van der Waals surface area contributed by atoms with Crippen molar-refractivity contribution < 1.29 is 47.6 Å². The third-order valence-corrected chi connectivity index (χ3v) is 7.90. The first kappa shape index (κ1) is 36.0. The van der Waals surface area contributed by atoms with Crippen LogP contribution in [-0.4, -0.2) is 40.7 Å². The van der Waals surface area contributed by atoms with Crippen LogP contribution in [0.3, 0.4) is 0 Å². The van der Waals surface area contributed by atoms with E-state index in [0.29, 0.717) is 24.2 Å². The summed E-state index contributed by atoms with van der Waals surface area (Å²) in [5.74, 6) is 2.35. The Bertz CT molecular complexity index is 1440. The number of allylic oxidation sites excluding steroid dienone is 10. The Hall–Kier alpha value is -3.17. The standard InChI is InChI=1S/C33H38N4O2S.ClH.O.V/c1-25-6-4-7-29(32(25)38)22-34-13-14-35-23-31-21-30(20-26(2)33(31)39)28-10-8-27(9-11-28)12-19-40-18-5-15-37-17-16-36(3)24-37;;;/h4,6-11,16-17,20-24H,5,12-15,18-19H2,1-3H3,(H-,34,35,38,39);1H;;. The van der Waals surface area contributed by atoms with Gasteiger partial charge in [0, 0.05) is 36.6 Å². The molecule has 2 aliphatic rings. The number of ketones is 2. The fourth-order valence-electron chi connectivity index (χ4n) is 4.51. The first-order valence-electron chi connectivity index (χ1n) is 14.0. The van der Waals surface area contributed by atoms with Crippen molar-refractivity contribution in [2.75, 3.05) is 24.6 Å². The Labute approximate surface area is 274 Å². The minimum absolute atomic E-state index is 0. The van der Waals surface area contributed by atoms with E-state index in [-0.39, 0.29) is 24.0 Å². The van der Waals surface area contributed by atoms with E-state index in [2.05, 4.69) is 62.8 Å². The van der Waals surface area contributed by atoms with Crippen molar-refractivity contribution in [1.82, 2.24) is 15.2 Å². The minimum atomic E-state index is 0. The Balaban J connectivity index is 0.00000211. The quantitative estimate of drug-likeness (QED) is 0.193. The van der Waals surface area contributed by atoms with Gasteiger partial charge in [0.15, 0.2) is 11.6 Å². The summed E-state index contributed by atoms with van der Waals surface area (Å²) in [6, 6.07) is 8.69. The number of thioether (sulfide) groups is 1. The Morgan fingerprint density at radius 3 is 2.28 bits per heavy atom. The van der Waals surface area contributed by atoms with Crippen LogP contribution in [0.4, 0.5) is 0 Å². The van der Waals surface area contributed by atoms with Crippen LogP contribution in [0.15, 0.2) is 108 Å². The molecule has 0 fully saturated rings. The van der Waals surface area contributed by atoms with Crippen molar-refractivity contribution in [3.05, 3.63) is 119 Å². The van der Waals surface area contributed by atoms with Gasteiger partial charge in [-0.1, -0.05) is 36.4 Å². The van der Waals surface area contributed by atoms with Crippen LogP contribution in [0.5, 0.6) is 0 Å². The third kappa shape index (κ3) is 11.5. The second kappa shape index (κ2) is 19.2. The number of aryl methyl sites for hydroxylation is 3. The zero-order valence-corrected chi connectivity index (χ0v) is 27.9. The van der Waals surface area contributed by atoms with Gasteiger partial charge in [-0.05, 0) is 84.3 Å². The van der Waals surface area contributed by atoms with Crippen molar-refractivity contribution in [2.24, 2.45) is 7.05 Å². The molecule has 4 rings (SSSR count). The Morgan fingerprint density at radius 1 is 0.930 bits per heavy atom. The number of benzene rings is 1. The number of hydrogen-bond donors (Lipinski definition) is 2. The van der Waals surface area contributed by atoms with Crippen LogP contribution in [0.1, 0.15) is 31.4 Å². The van der Waals surface area contributed by atoms with E-state index in [9.17, 15) is 9.59 Å².